The van der Waals surface area contributed by atoms with Crippen molar-refractivity contribution in [1.29, 1.82) is 0 Å². The molecule has 0 bridgehead atoms. The highest BCUT2D eigenvalue weighted by Crippen LogP contribution is 2.08. The highest BCUT2D eigenvalue weighted by atomic mass is 16.4. The van der Waals surface area contributed by atoms with Crippen molar-refractivity contribution in [3.05, 3.63) is 0 Å². The van der Waals surface area contributed by atoms with Gasteiger partial charge in [-0.05, 0) is 24.7 Å². The lowest BCUT2D eigenvalue weighted by atomic mass is 10.1. The summed E-state index contributed by atoms with van der Waals surface area (Å²) < 4.78 is 0. The fourth-order valence-corrected chi connectivity index (χ4v) is 1.72. The van der Waals surface area contributed by atoms with E-state index in [9.17, 15) is 9.59 Å². The molecule has 0 rings (SSSR count). The van der Waals surface area contributed by atoms with E-state index >= 15 is 0 Å². The zero-order valence-electron chi connectivity index (χ0n) is 16.9. The molecule has 0 aliphatic carbocycles. The molecule has 0 aromatic rings. The van der Waals surface area contributed by atoms with Crippen LogP contribution in [0.1, 0.15) is 79.1 Å². The van der Waals surface area contributed by atoms with Gasteiger partial charge in [0, 0.05) is 12.8 Å². The topological polar surface area (TPSA) is 135 Å². The van der Waals surface area contributed by atoms with Gasteiger partial charge in [0.25, 0.3) is 0 Å². The molecule has 0 unspecified atom stereocenters. The first kappa shape index (κ1) is 29.6. The second-order valence-corrected chi connectivity index (χ2v) is 7.09. The van der Waals surface area contributed by atoms with Crippen LogP contribution < -0.4 is 0 Å². The number of aliphatic hydroxyl groups excluding tert-OH is 3. The smallest absolute Gasteiger partial charge is 0.303 e. The molecule has 0 saturated carbocycles. The van der Waals surface area contributed by atoms with Crippen LogP contribution in [0.15, 0.2) is 0 Å². The van der Waals surface area contributed by atoms with Crippen molar-refractivity contribution in [2.45, 2.75) is 85.2 Å². The van der Waals surface area contributed by atoms with E-state index in [2.05, 4.69) is 27.7 Å². The van der Waals surface area contributed by atoms with Crippen LogP contribution in [0, 0.1) is 11.8 Å². The van der Waals surface area contributed by atoms with E-state index in [1.165, 1.54) is 0 Å². The number of carbonyl (C=O) groups is 2. The van der Waals surface area contributed by atoms with Crippen LogP contribution in [-0.2, 0) is 9.59 Å². The first-order valence-corrected chi connectivity index (χ1v) is 9.40. The van der Waals surface area contributed by atoms with E-state index in [0.717, 1.165) is 38.5 Å². The molecule has 0 amide bonds. The molecule has 7 heteroatoms. The minimum absolute atomic E-state index is 0.326. The maximum atomic E-state index is 10.0. The summed E-state index contributed by atoms with van der Waals surface area (Å²) in [6.45, 7) is 7.88. The monoisotopic (exact) mass is 380 g/mol. The van der Waals surface area contributed by atoms with Crippen molar-refractivity contribution >= 4 is 11.9 Å². The zero-order valence-corrected chi connectivity index (χ0v) is 16.9. The summed E-state index contributed by atoms with van der Waals surface area (Å²) >= 11 is 0. The Kier molecular flexibility index (Phi) is 24.9. The Hall–Kier alpha value is -1.18. The van der Waals surface area contributed by atoms with Crippen LogP contribution in [0.3, 0.4) is 0 Å². The number of unbranched alkanes of at least 4 members (excludes halogenated alkanes) is 2. The van der Waals surface area contributed by atoms with Crippen LogP contribution in [0.2, 0.25) is 0 Å². The number of aliphatic carboxylic acids is 2. The number of carboxylic acids is 2. The Bertz CT molecular complexity index is 287. The van der Waals surface area contributed by atoms with E-state index < -0.39 is 18.0 Å². The average Bonchev–Trinajstić information content (AvgIpc) is 2.55. The van der Waals surface area contributed by atoms with Gasteiger partial charge in [0.1, 0.15) is 6.10 Å². The van der Waals surface area contributed by atoms with E-state index in [4.69, 9.17) is 25.5 Å². The number of hydrogen-bond donors (Lipinski definition) is 5. The van der Waals surface area contributed by atoms with Gasteiger partial charge in [0.05, 0.1) is 13.2 Å². The molecule has 7 nitrogen and oxygen atoms in total. The quantitative estimate of drug-likeness (QED) is 0.328. The van der Waals surface area contributed by atoms with Crippen molar-refractivity contribution in [3.8, 4) is 0 Å². The molecule has 5 N–H and O–H groups in total. The number of hydrogen-bond acceptors (Lipinski definition) is 5. The van der Waals surface area contributed by atoms with Crippen LogP contribution in [-0.4, -0.2) is 56.8 Å². The van der Waals surface area contributed by atoms with Gasteiger partial charge in [0.15, 0.2) is 0 Å². The SMILES string of the molecule is CC(C)CCCCC(=O)O.CC(C)CCCCC(=O)O.OCC(O)CO. The number of carboxylic acid groups (broad SMARTS) is 2. The molecule has 0 atom stereocenters. The Morgan fingerprint density at radius 1 is 0.692 bits per heavy atom. The molecule has 0 saturated heterocycles. The normalized spacial score (nSPS) is 10.2. The van der Waals surface area contributed by atoms with Crippen molar-refractivity contribution < 1.29 is 35.1 Å². The molecule has 158 valence electrons. The summed E-state index contributed by atoms with van der Waals surface area (Å²) in [5.74, 6) is 0.0510. The van der Waals surface area contributed by atoms with Gasteiger partial charge < -0.3 is 25.5 Å². The molecular weight excluding hydrogens is 340 g/mol. The van der Waals surface area contributed by atoms with Crippen molar-refractivity contribution in [3.63, 3.8) is 0 Å². The van der Waals surface area contributed by atoms with E-state index in [1.54, 1.807) is 0 Å². The molecular formula is C19H40O7. The van der Waals surface area contributed by atoms with Crippen molar-refractivity contribution in [2.75, 3.05) is 13.2 Å². The number of rotatable bonds is 12. The van der Waals surface area contributed by atoms with Crippen LogP contribution in [0.25, 0.3) is 0 Å². The highest BCUT2D eigenvalue weighted by Gasteiger charge is 1.98. The second-order valence-electron chi connectivity index (χ2n) is 7.09. The van der Waals surface area contributed by atoms with Gasteiger partial charge in [-0.15, -0.1) is 0 Å². The third-order valence-corrected chi connectivity index (χ3v) is 3.27. The Morgan fingerprint density at radius 3 is 1.15 bits per heavy atom. The van der Waals surface area contributed by atoms with Gasteiger partial charge in [-0.25, -0.2) is 0 Å². The molecule has 26 heavy (non-hydrogen) atoms. The summed E-state index contributed by atoms with van der Waals surface area (Å²) in [4.78, 5) is 20.1. The summed E-state index contributed by atoms with van der Waals surface area (Å²) in [7, 11) is 0. The van der Waals surface area contributed by atoms with Crippen LogP contribution in [0.4, 0.5) is 0 Å². The summed E-state index contributed by atoms with van der Waals surface area (Å²) in [6.07, 6.45) is 5.74. The van der Waals surface area contributed by atoms with E-state index in [0.29, 0.717) is 24.7 Å². The Morgan fingerprint density at radius 2 is 1.00 bits per heavy atom. The molecule has 0 aliphatic heterocycles. The van der Waals surface area contributed by atoms with Gasteiger partial charge in [-0.3, -0.25) is 9.59 Å². The van der Waals surface area contributed by atoms with Gasteiger partial charge in [-0.2, -0.15) is 0 Å². The third kappa shape index (κ3) is 38.4. The fraction of sp³-hybridized carbons (Fsp3) is 0.895. The van der Waals surface area contributed by atoms with Crippen LogP contribution in [0.5, 0.6) is 0 Å². The summed E-state index contributed by atoms with van der Waals surface area (Å²) in [6, 6.07) is 0. The van der Waals surface area contributed by atoms with Gasteiger partial charge in [-0.1, -0.05) is 53.4 Å². The minimum atomic E-state index is -0.954. The lowest BCUT2D eigenvalue weighted by Gasteiger charge is -2.01. The highest BCUT2D eigenvalue weighted by molar-refractivity contribution is 5.66. The molecule has 0 aromatic heterocycles. The lowest BCUT2D eigenvalue weighted by molar-refractivity contribution is -0.138. The third-order valence-electron chi connectivity index (χ3n) is 3.27. The first-order valence-electron chi connectivity index (χ1n) is 9.40. The first-order chi connectivity index (χ1) is 12.1. The lowest BCUT2D eigenvalue weighted by Crippen LogP contribution is -2.15. The molecule has 0 fully saturated rings. The predicted octanol–water partition coefficient (Wildman–Crippen LogP) is 2.91. The van der Waals surface area contributed by atoms with E-state index in [-0.39, 0.29) is 13.2 Å². The zero-order chi connectivity index (χ0) is 21.0. The molecule has 0 aromatic carbocycles. The Labute approximate surface area is 158 Å². The van der Waals surface area contributed by atoms with Gasteiger partial charge in [0.2, 0.25) is 0 Å². The Balaban J connectivity index is -0.000000316. The largest absolute Gasteiger partial charge is 0.481 e. The van der Waals surface area contributed by atoms with Crippen molar-refractivity contribution in [1.82, 2.24) is 0 Å². The van der Waals surface area contributed by atoms with E-state index in [1.807, 2.05) is 0 Å². The molecule has 0 radical (unpaired) electrons. The molecule has 0 aliphatic rings. The van der Waals surface area contributed by atoms with Gasteiger partial charge >= 0.3 is 11.9 Å². The van der Waals surface area contributed by atoms with Crippen molar-refractivity contribution in [2.24, 2.45) is 11.8 Å². The predicted molar refractivity (Wildman–Crippen MR) is 102 cm³/mol. The fourth-order valence-electron chi connectivity index (χ4n) is 1.72. The summed E-state index contributed by atoms with van der Waals surface area (Å²) in [5.41, 5.74) is 0. The molecule has 0 heterocycles. The molecule has 0 spiro atoms. The van der Waals surface area contributed by atoms with Crippen LogP contribution >= 0.6 is 0 Å². The summed E-state index contributed by atoms with van der Waals surface area (Å²) in [5, 5.41) is 40.6. The number of aliphatic hydroxyl groups is 3. The average molecular weight is 381 g/mol. The minimum Gasteiger partial charge on any atom is -0.481 e. The standard InChI is InChI=1S/2C8H16O2.C3H8O3/c2*1-7(2)5-3-4-6-8(9)10;4-1-3(6)2-5/h2*7H,3-6H2,1-2H3,(H,9,10);3-6H,1-2H2. The maximum Gasteiger partial charge on any atom is 0.303 e. The second kappa shape index (κ2) is 21.9. The maximum absolute atomic E-state index is 10.0.